The Labute approximate surface area is 300 Å². The van der Waals surface area contributed by atoms with Gasteiger partial charge in [0.15, 0.2) is 0 Å². The molecule has 274 valence electrons. The third-order valence-electron chi connectivity index (χ3n) is 8.52. The molecule has 0 saturated carbocycles. The molecule has 0 aliphatic heterocycles. The average molecular weight is 691 g/mol. The maximum atomic E-state index is 6.50. The van der Waals surface area contributed by atoms with Gasteiger partial charge in [-0.3, -0.25) is 0 Å². The van der Waals surface area contributed by atoms with Crippen LogP contribution in [-0.4, -0.2) is 55.9 Å². The van der Waals surface area contributed by atoms with Crippen LogP contribution in [0, 0.1) is 0 Å². The van der Waals surface area contributed by atoms with E-state index < -0.39 is 0 Å². The van der Waals surface area contributed by atoms with Gasteiger partial charge in [-0.2, -0.15) is 0 Å². The van der Waals surface area contributed by atoms with Crippen molar-refractivity contribution in [1.29, 1.82) is 0 Å². The highest BCUT2D eigenvalue weighted by Gasteiger charge is 2.15. The second kappa shape index (κ2) is 22.3. The van der Waals surface area contributed by atoms with Gasteiger partial charge < -0.3 is 37.9 Å². The molecular weight excluding hydrogens is 632 g/mol. The zero-order chi connectivity index (χ0) is 36.1. The van der Waals surface area contributed by atoms with Crippen molar-refractivity contribution in [3.8, 4) is 46.0 Å². The fraction of sp³-hybridized carbons (Fsp3) is 0.476. The molecule has 8 heteroatoms. The van der Waals surface area contributed by atoms with E-state index in [-0.39, 0.29) is 0 Å². The van der Waals surface area contributed by atoms with Gasteiger partial charge in [-0.1, -0.05) is 77.4 Å². The summed E-state index contributed by atoms with van der Waals surface area (Å²) in [6, 6.07) is 11.5. The Balaban J connectivity index is 2.11. The van der Waals surface area contributed by atoms with Crippen molar-refractivity contribution in [1.82, 2.24) is 0 Å². The van der Waals surface area contributed by atoms with Gasteiger partial charge in [0.05, 0.1) is 67.0 Å². The minimum absolute atomic E-state index is 0.612. The molecule has 0 aliphatic carbocycles. The van der Waals surface area contributed by atoms with Crippen molar-refractivity contribution in [3.05, 3.63) is 58.7 Å². The van der Waals surface area contributed by atoms with E-state index in [0.717, 1.165) is 59.4 Å². The number of rotatable bonds is 24. The molecule has 0 bridgehead atoms. The van der Waals surface area contributed by atoms with E-state index in [1.807, 2.05) is 48.6 Å². The van der Waals surface area contributed by atoms with Crippen LogP contribution in [0.5, 0.6) is 46.0 Å². The summed E-state index contributed by atoms with van der Waals surface area (Å²) in [6.45, 7) is 5.67. The van der Waals surface area contributed by atoms with E-state index in [4.69, 9.17) is 37.9 Å². The lowest BCUT2D eigenvalue weighted by molar-refractivity contribution is 0.295. The quantitative estimate of drug-likeness (QED) is 0.0679. The lowest BCUT2D eigenvalue weighted by atomic mass is 10.0. The van der Waals surface area contributed by atoms with Crippen molar-refractivity contribution in [3.63, 3.8) is 0 Å². The lowest BCUT2D eigenvalue weighted by Gasteiger charge is -2.17. The van der Waals surface area contributed by atoms with Gasteiger partial charge in [0.25, 0.3) is 0 Å². The molecule has 8 nitrogen and oxygen atoms in total. The summed E-state index contributed by atoms with van der Waals surface area (Å²) in [6.07, 6.45) is 19.5. The molecule has 0 amide bonds. The van der Waals surface area contributed by atoms with Gasteiger partial charge in [0.1, 0.15) is 46.0 Å². The van der Waals surface area contributed by atoms with Crippen LogP contribution in [0.1, 0.15) is 100 Å². The fourth-order valence-electron chi connectivity index (χ4n) is 5.62. The summed E-state index contributed by atoms with van der Waals surface area (Å²) in [7, 11) is 9.80. The topological polar surface area (TPSA) is 73.8 Å². The Bertz CT molecular complexity index is 1350. The van der Waals surface area contributed by atoms with E-state index in [9.17, 15) is 0 Å². The second-order valence-corrected chi connectivity index (χ2v) is 12.0. The van der Waals surface area contributed by atoms with Crippen molar-refractivity contribution in [2.75, 3.05) is 55.9 Å². The van der Waals surface area contributed by atoms with Crippen molar-refractivity contribution in [2.24, 2.45) is 0 Å². The number of unbranched alkanes of at least 4 members (excludes halogenated alkanes) is 8. The van der Waals surface area contributed by atoms with Crippen molar-refractivity contribution >= 4 is 24.3 Å². The molecule has 0 unspecified atom stereocenters. The third kappa shape index (κ3) is 11.9. The van der Waals surface area contributed by atoms with Crippen LogP contribution in [0.3, 0.4) is 0 Å². The van der Waals surface area contributed by atoms with Crippen LogP contribution < -0.4 is 37.9 Å². The SMILES string of the molecule is CCCCCCCOc1cc(/C=C/c2c(OC)cc(OC)cc2OC)c(OCCCCCCC)cc1/C=C/c1c(OC)cc(OC)cc1OC. The molecular formula is C42H58O8. The minimum Gasteiger partial charge on any atom is -0.496 e. The molecule has 3 rings (SSSR count). The Morgan fingerprint density at radius 2 is 0.720 bits per heavy atom. The maximum absolute atomic E-state index is 6.50. The first-order chi connectivity index (χ1) is 24.5. The van der Waals surface area contributed by atoms with Gasteiger partial charge in [0, 0.05) is 35.4 Å². The number of methoxy groups -OCH3 is 6. The molecule has 0 atom stereocenters. The van der Waals surface area contributed by atoms with E-state index in [2.05, 4.69) is 26.0 Å². The first-order valence-corrected chi connectivity index (χ1v) is 17.9. The van der Waals surface area contributed by atoms with Crippen LogP contribution >= 0.6 is 0 Å². The summed E-state index contributed by atoms with van der Waals surface area (Å²) >= 11 is 0. The molecule has 0 N–H and O–H groups in total. The first-order valence-electron chi connectivity index (χ1n) is 17.9. The number of ether oxygens (including phenoxy) is 8. The van der Waals surface area contributed by atoms with Crippen molar-refractivity contribution < 1.29 is 37.9 Å². The molecule has 0 radical (unpaired) electrons. The van der Waals surface area contributed by atoms with E-state index in [1.165, 1.54) is 38.5 Å². The Morgan fingerprint density at radius 1 is 0.380 bits per heavy atom. The molecule has 0 heterocycles. The van der Waals surface area contributed by atoms with Crippen LogP contribution in [0.4, 0.5) is 0 Å². The number of benzene rings is 3. The zero-order valence-electron chi connectivity index (χ0n) is 31.5. The molecule has 3 aromatic rings. The molecule has 50 heavy (non-hydrogen) atoms. The average Bonchev–Trinajstić information content (AvgIpc) is 3.15. The standard InChI is InChI=1S/C42H58O8/c1-9-11-13-15-17-23-49-37-25-32(20-22-36-41(47-7)29-34(44-4)30-42(36)48-8)38(50-24-18-16-14-12-10-2)26-31(37)19-21-35-39(45-5)27-33(43-3)28-40(35)46-6/h19-22,25-30H,9-18,23-24H2,1-8H3/b21-19+,22-20+. The van der Waals surface area contributed by atoms with E-state index in [1.54, 1.807) is 42.7 Å². The number of hydrogen-bond donors (Lipinski definition) is 0. The first kappa shape index (κ1) is 40.0. The smallest absolute Gasteiger partial charge is 0.133 e. The number of hydrogen-bond acceptors (Lipinski definition) is 8. The lowest BCUT2D eigenvalue weighted by Crippen LogP contribution is -2.03. The predicted octanol–water partition coefficient (Wildman–Crippen LogP) is 10.8. The summed E-state index contributed by atoms with van der Waals surface area (Å²) in [5.74, 6) is 5.38. The molecule has 3 aromatic carbocycles. The van der Waals surface area contributed by atoms with Gasteiger partial charge in [0.2, 0.25) is 0 Å². The molecule has 0 fully saturated rings. The molecule has 0 aliphatic rings. The Hall–Kier alpha value is -4.46. The normalized spacial score (nSPS) is 11.2. The highest BCUT2D eigenvalue weighted by atomic mass is 16.5. The van der Waals surface area contributed by atoms with E-state index >= 15 is 0 Å². The Morgan fingerprint density at radius 3 is 1.02 bits per heavy atom. The zero-order valence-corrected chi connectivity index (χ0v) is 31.5. The summed E-state index contributed by atoms with van der Waals surface area (Å²) in [5.41, 5.74) is 3.36. The van der Waals surface area contributed by atoms with Gasteiger partial charge in [-0.25, -0.2) is 0 Å². The van der Waals surface area contributed by atoms with E-state index in [0.29, 0.717) is 47.7 Å². The highest BCUT2D eigenvalue weighted by Crippen LogP contribution is 2.39. The largest absolute Gasteiger partial charge is 0.496 e. The third-order valence-corrected chi connectivity index (χ3v) is 8.52. The minimum atomic E-state index is 0.612. The van der Waals surface area contributed by atoms with Gasteiger partial charge >= 0.3 is 0 Å². The fourth-order valence-corrected chi connectivity index (χ4v) is 5.62. The maximum Gasteiger partial charge on any atom is 0.133 e. The summed E-state index contributed by atoms with van der Waals surface area (Å²) in [5, 5.41) is 0. The summed E-state index contributed by atoms with van der Waals surface area (Å²) in [4.78, 5) is 0. The van der Waals surface area contributed by atoms with Crippen LogP contribution in [0.15, 0.2) is 36.4 Å². The van der Waals surface area contributed by atoms with Crippen LogP contribution in [0.25, 0.3) is 24.3 Å². The van der Waals surface area contributed by atoms with Gasteiger partial charge in [-0.15, -0.1) is 0 Å². The predicted molar refractivity (Wildman–Crippen MR) is 205 cm³/mol. The molecule has 0 aromatic heterocycles. The van der Waals surface area contributed by atoms with Crippen LogP contribution in [0.2, 0.25) is 0 Å². The second-order valence-electron chi connectivity index (χ2n) is 12.0. The van der Waals surface area contributed by atoms with Gasteiger partial charge in [-0.05, 0) is 37.1 Å². The van der Waals surface area contributed by atoms with Crippen molar-refractivity contribution in [2.45, 2.75) is 78.1 Å². The monoisotopic (exact) mass is 690 g/mol. The highest BCUT2D eigenvalue weighted by molar-refractivity contribution is 5.83. The Kier molecular flexibility index (Phi) is 17.8. The molecule has 0 saturated heterocycles. The summed E-state index contributed by atoms with van der Waals surface area (Å²) < 4.78 is 46.8. The molecule has 0 spiro atoms. The van der Waals surface area contributed by atoms with Crippen LogP contribution in [-0.2, 0) is 0 Å².